The fourth-order valence-corrected chi connectivity index (χ4v) is 2.56. The third-order valence-electron chi connectivity index (χ3n) is 3.76. The highest BCUT2D eigenvalue weighted by Gasteiger charge is 2.25. The second-order valence-corrected chi connectivity index (χ2v) is 5.42. The van der Waals surface area contributed by atoms with Gasteiger partial charge in [-0.05, 0) is 24.3 Å². The molecule has 0 radical (unpaired) electrons. The summed E-state index contributed by atoms with van der Waals surface area (Å²) in [6.07, 6.45) is 2.11. The van der Waals surface area contributed by atoms with Gasteiger partial charge in [-0.1, -0.05) is 24.3 Å². The fraction of sp³-hybridized carbons (Fsp3) is 0.111. The first-order valence-electron chi connectivity index (χ1n) is 7.82. The molecule has 0 aromatic heterocycles. The van der Waals surface area contributed by atoms with E-state index in [1.165, 1.54) is 23.1 Å². The van der Waals surface area contributed by atoms with Crippen LogP contribution in [0.3, 0.4) is 0 Å². The van der Waals surface area contributed by atoms with E-state index in [4.69, 9.17) is 4.74 Å². The van der Waals surface area contributed by atoms with Gasteiger partial charge in [-0.15, -0.1) is 0 Å². The number of benzene rings is 2. The van der Waals surface area contributed by atoms with E-state index in [-0.39, 0.29) is 5.69 Å². The molecule has 8 heteroatoms. The Morgan fingerprint density at radius 2 is 1.92 bits per heavy atom. The molecule has 0 atom stereocenters. The maximum atomic E-state index is 12.2. The first-order valence-corrected chi connectivity index (χ1v) is 7.82. The predicted octanol–water partition coefficient (Wildman–Crippen LogP) is 3.20. The topological polar surface area (TPSA) is 102 Å². The Kier molecular flexibility index (Phi) is 4.93. The Hall–Kier alpha value is -3.68. The Labute approximate surface area is 148 Å². The third kappa shape index (κ3) is 3.69. The van der Waals surface area contributed by atoms with E-state index < -0.39 is 16.9 Å². The number of cyclic esters (lactones) is 1. The minimum absolute atomic E-state index is 0.0863. The minimum Gasteiger partial charge on any atom is -0.447 e. The van der Waals surface area contributed by atoms with Crippen molar-refractivity contribution in [2.45, 2.75) is 0 Å². The monoisotopic (exact) mass is 353 g/mol. The van der Waals surface area contributed by atoms with E-state index in [0.29, 0.717) is 30.1 Å². The van der Waals surface area contributed by atoms with Crippen molar-refractivity contribution in [2.75, 3.05) is 23.4 Å². The lowest BCUT2D eigenvalue weighted by Crippen LogP contribution is -2.25. The average Bonchev–Trinajstić information content (AvgIpc) is 3.06. The van der Waals surface area contributed by atoms with E-state index in [1.54, 1.807) is 42.5 Å². The number of nitrogens with zero attached hydrogens (tertiary/aromatic N) is 2. The van der Waals surface area contributed by atoms with E-state index in [1.807, 2.05) is 0 Å². The van der Waals surface area contributed by atoms with Gasteiger partial charge in [-0.3, -0.25) is 19.8 Å². The number of carbonyl (C=O) groups is 2. The summed E-state index contributed by atoms with van der Waals surface area (Å²) in [6, 6.07) is 13.0. The van der Waals surface area contributed by atoms with Crippen LogP contribution in [0.5, 0.6) is 0 Å². The van der Waals surface area contributed by atoms with Gasteiger partial charge in [0.2, 0.25) is 5.91 Å². The van der Waals surface area contributed by atoms with E-state index >= 15 is 0 Å². The van der Waals surface area contributed by atoms with Crippen LogP contribution >= 0.6 is 0 Å². The molecule has 3 rings (SSSR count). The van der Waals surface area contributed by atoms with Crippen LogP contribution in [0, 0.1) is 10.1 Å². The van der Waals surface area contributed by atoms with Crippen molar-refractivity contribution in [3.8, 4) is 0 Å². The Bertz CT molecular complexity index is 894. The number of ether oxygens (including phenoxy) is 1. The van der Waals surface area contributed by atoms with Crippen LogP contribution in [0.15, 0.2) is 54.6 Å². The lowest BCUT2D eigenvalue weighted by atomic mass is 10.1. The minimum atomic E-state index is -0.508. The van der Waals surface area contributed by atoms with E-state index in [9.17, 15) is 19.7 Å². The van der Waals surface area contributed by atoms with Crippen LogP contribution < -0.4 is 10.2 Å². The van der Waals surface area contributed by atoms with Gasteiger partial charge in [-0.25, -0.2) is 4.79 Å². The number of hydrogen-bond donors (Lipinski definition) is 1. The van der Waals surface area contributed by atoms with Crippen LogP contribution in [0.2, 0.25) is 0 Å². The molecule has 1 aliphatic rings. The van der Waals surface area contributed by atoms with Gasteiger partial charge in [-0.2, -0.15) is 0 Å². The summed E-state index contributed by atoms with van der Waals surface area (Å²) in [7, 11) is 0. The highest BCUT2D eigenvalue weighted by molar-refractivity contribution is 6.05. The Balaban J connectivity index is 1.77. The summed E-state index contributed by atoms with van der Waals surface area (Å²) in [5.74, 6) is -0.469. The maximum absolute atomic E-state index is 12.2. The number of nitrogens with one attached hydrogen (secondary N) is 1. The number of hydrogen-bond acceptors (Lipinski definition) is 5. The molecule has 1 aliphatic heterocycles. The molecule has 26 heavy (non-hydrogen) atoms. The van der Waals surface area contributed by atoms with Crippen LogP contribution in [-0.2, 0) is 9.53 Å². The molecule has 1 N–H and O–H groups in total. The number of anilines is 2. The first-order chi connectivity index (χ1) is 12.6. The molecule has 0 saturated carbocycles. The number of nitro benzene ring substituents is 1. The van der Waals surface area contributed by atoms with Crippen LogP contribution in [0.25, 0.3) is 6.08 Å². The highest BCUT2D eigenvalue weighted by atomic mass is 16.6. The fourth-order valence-electron chi connectivity index (χ4n) is 2.56. The zero-order chi connectivity index (χ0) is 18.5. The molecule has 0 bridgehead atoms. The van der Waals surface area contributed by atoms with Gasteiger partial charge in [0.15, 0.2) is 0 Å². The molecule has 1 heterocycles. The van der Waals surface area contributed by atoms with Gasteiger partial charge in [0.25, 0.3) is 5.69 Å². The van der Waals surface area contributed by atoms with Crippen molar-refractivity contribution in [1.82, 2.24) is 0 Å². The molecule has 2 amide bonds. The van der Waals surface area contributed by atoms with Crippen molar-refractivity contribution in [3.63, 3.8) is 0 Å². The number of para-hydroxylation sites is 3. The summed E-state index contributed by atoms with van der Waals surface area (Å²) in [4.78, 5) is 35.9. The van der Waals surface area contributed by atoms with Gasteiger partial charge < -0.3 is 10.1 Å². The maximum Gasteiger partial charge on any atom is 0.414 e. The van der Waals surface area contributed by atoms with Gasteiger partial charge in [0, 0.05) is 12.1 Å². The summed E-state index contributed by atoms with van der Waals surface area (Å²) in [5, 5.41) is 13.7. The third-order valence-corrected chi connectivity index (χ3v) is 3.76. The largest absolute Gasteiger partial charge is 0.447 e. The zero-order valence-corrected chi connectivity index (χ0v) is 13.6. The number of nitro groups is 1. The second-order valence-electron chi connectivity index (χ2n) is 5.42. The van der Waals surface area contributed by atoms with Crippen molar-refractivity contribution < 1.29 is 19.2 Å². The van der Waals surface area contributed by atoms with Crippen molar-refractivity contribution >= 4 is 35.1 Å². The molecule has 0 spiro atoms. The number of amides is 2. The molecule has 2 aromatic rings. The summed E-state index contributed by atoms with van der Waals surface area (Å²) in [5.41, 5.74) is 1.21. The highest BCUT2D eigenvalue weighted by Crippen LogP contribution is 2.28. The average molecular weight is 353 g/mol. The zero-order valence-electron chi connectivity index (χ0n) is 13.6. The Morgan fingerprint density at radius 1 is 1.19 bits per heavy atom. The molecule has 0 unspecified atom stereocenters. The van der Waals surface area contributed by atoms with Gasteiger partial charge in [0.05, 0.1) is 28.4 Å². The normalized spacial score (nSPS) is 13.7. The molecule has 8 nitrogen and oxygen atoms in total. The van der Waals surface area contributed by atoms with Gasteiger partial charge >= 0.3 is 6.09 Å². The molecular weight excluding hydrogens is 338 g/mol. The van der Waals surface area contributed by atoms with Crippen LogP contribution in [0.1, 0.15) is 5.56 Å². The smallest absolute Gasteiger partial charge is 0.414 e. The van der Waals surface area contributed by atoms with Crippen molar-refractivity contribution in [2.24, 2.45) is 0 Å². The van der Waals surface area contributed by atoms with Crippen molar-refractivity contribution in [1.29, 1.82) is 0 Å². The van der Waals surface area contributed by atoms with Crippen LogP contribution in [0.4, 0.5) is 21.9 Å². The quantitative estimate of drug-likeness (QED) is 0.505. The SMILES string of the molecule is O=C(/C=C/c1ccccc1[N+](=O)[O-])Nc1ccccc1N1CCOC1=O. The molecule has 2 aromatic carbocycles. The van der Waals surface area contributed by atoms with E-state index in [2.05, 4.69) is 5.32 Å². The first kappa shape index (κ1) is 17.2. The summed E-state index contributed by atoms with van der Waals surface area (Å²) >= 11 is 0. The lowest BCUT2D eigenvalue weighted by molar-refractivity contribution is -0.385. The molecule has 132 valence electrons. The number of carbonyl (C=O) groups excluding carboxylic acids is 2. The summed E-state index contributed by atoms with van der Waals surface area (Å²) in [6.45, 7) is 0.691. The lowest BCUT2D eigenvalue weighted by Gasteiger charge is -2.17. The molecule has 1 fully saturated rings. The predicted molar refractivity (Wildman–Crippen MR) is 95.9 cm³/mol. The standard InChI is InChI=1S/C18H15N3O5/c22-17(10-9-13-5-1-3-7-15(13)21(24)25)19-14-6-2-4-8-16(14)20-11-12-26-18(20)23/h1-10H,11-12H2,(H,19,22)/b10-9+. The molecule has 1 saturated heterocycles. The molecule has 0 aliphatic carbocycles. The van der Waals surface area contributed by atoms with Crippen LogP contribution in [-0.4, -0.2) is 30.1 Å². The Morgan fingerprint density at radius 3 is 2.65 bits per heavy atom. The van der Waals surface area contributed by atoms with Gasteiger partial charge in [0.1, 0.15) is 6.61 Å². The second kappa shape index (κ2) is 7.47. The van der Waals surface area contributed by atoms with E-state index in [0.717, 1.165) is 0 Å². The van der Waals surface area contributed by atoms with Crippen molar-refractivity contribution in [3.05, 3.63) is 70.3 Å². The number of rotatable bonds is 5. The molecular formula is C18H15N3O5. The summed E-state index contributed by atoms with van der Waals surface area (Å²) < 4.78 is 4.92.